The number of benzene rings is 1. The van der Waals surface area contributed by atoms with Gasteiger partial charge in [0.05, 0.1) is 11.8 Å². The smallest absolute Gasteiger partial charge is 0.106 e. The molecule has 4 heteroatoms. The van der Waals surface area contributed by atoms with E-state index in [4.69, 9.17) is 5.26 Å². The Balaban J connectivity index is 2.90. The number of hydrogen-bond acceptors (Lipinski definition) is 4. The Morgan fingerprint density at radius 3 is 2.47 bits per heavy atom. The van der Waals surface area contributed by atoms with Crippen molar-refractivity contribution in [2.24, 2.45) is 5.16 Å². The molecule has 0 bridgehead atoms. The van der Waals surface area contributed by atoms with Crippen LogP contribution in [0.5, 0.6) is 0 Å². The van der Waals surface area contributed by atoms with E-state index < -0.39 is 0 Å². The van der Waals surface area contributed by atoms with E-state index in [2.05, 4.69) is 9.99 Å². The van der Waals surface area contributed by atoms with Gasteiger partial charge in [-0.2, -0.15) is 5.26 Å². The summed E-state index contributed by atoms with van der Waals surface area (Å²) in [5.74, 6) is 0. The average molecular weight is 229 g/mol. The third-order valence-electron chi connectivity index (χ3n) is 2.16. The monoisotopic (exact) mass is 229 g/mol. The number of anilines is 1. The van der Waals surface area contributed by atoms with E-state index in [1.165, 1.54) is 13.3 Å². The van der Waals surface area contributed by atoms with Crippen LogP contribution in [-0.4, -0.2) is 27.4 Å². The summed E-state index contributed by atoms with van der Waals surface area (Å²) in [6.07, 6.45) is 3.14. The molecule has 88 valence electrons. The van der Waals surface area contributed by atoms with E-state index in [1.807, 2.05) is 49.3 Å². The number of allylic oxidation sites excluding steroid dienone is 1. The molecule has 0 atom stereocenters. The molecule has 1 rings (SSSR count). The second kappa shape index (κ2) is 6.33. The molecule has 0 aliphatic carbocycles. The van der Waals surface area contributed by atoms with Crippen molar-refractivity contribution in [2.75, 3.05) is 26.1 Å². The van der Waals surface area contributed by atoms with E-state index in [1.54, 1.807) is 6.08 Å². The molecule has 0 radical (unpaired) electrons. The first-order chi connectivity index (χ1) is 8.17. The lowest BCUT2D eigenvalue weighted by molar-refractivity contribution is 0.215. The lowest BCUT2D eigenvalue weighted by Crippen LogP contribution is -2.07. The minimum Gasteiger partial charge on any atom is -0.399 e. The normalized spacial score (nSPS) is 11.3. The van der Waals surface area contributed by atoms with Gasteiger partial charge in [0.2, 0.25) is 0 Å². The molecule has 1 aromatic carbocycles. The molecule has 0 aliphatic rings. The summed E-state index contributed by atoms with van der Waals surface area (Å²) in [5, 5.41) is 12.4. The van der Waals surface area contributed by atoms with Crippen molar-refractivity contribution in [3.63, 3.8) is 0 Å². The quantitative estimate of drug-likeness (QED) is 0.452. The van der Waals surface area contributed by atoms with Gasteiger partial charge < -0.3 is 9.74 Å². The van der Waals surface area contributed by atoms with Gasteiger partial charge >= 0.3 is 0 Å². The van der Waals surface area contributed by atoms with Gasteiger partial charge in [0.25, 0.3) is 0 Å². The summed E-state index contributed by atoms with van der Waals surface area (Å²) in [6, 6.07) is 9.94. The van der Waals surface area contributed by atoms with Crippen LogP contribution in [0.4, 0.5) is 5.69 Å². The van der Waals surface area contributed by atoms with Crippen molar-refractivity contribution in [3.05, 3.63) is 35.4 Å². The fourth-order valence-electron chi connectivity index (χ4n) is 1.26. The van der Waals surface area contributed by atoms with Crippen LogP contribution in [0.3, 0.4) is 0 Å². The second-order valence-corrected chi connectivity index (χ2v) is 3.61. The van der Waals surface area contributed by atoms with Gasteiger partial charge in [-0.05, 0) is 23.8 Å². The van der Waals surface area contributed by atoms with E-state index in [0.717, 1.165) is 11.3 Å². The molecular weight excluding hydrogens is 214 g/mol. The van der Waals surface area contributed by atoms with E-state index in [-0.39, 0.29) is 0 Å². The Kier molecular flexibility index (Phi) is 4.77. The topological polar surface area (TPSA) is 48.6 Å². The molecule has 0 heterocycles. The van der Waals surface area contributed by atoms with Crippen LogP contribution in [0, 0.1) is 11.3 Å². The molecule has 0 fully saturated rings. The standard InChI is InChI=1S/C13H15N3O/c1-16(2)13-6-4-11(5-7-13)8-12(9-14)10-15-17-3/h4-8,10H,1-3H3/b12-8-,15-10+. The summed E-state index contributed by atoms with van der Waals surface area (Å²) >= 11 is 0. The molecular formula is C13H15N3O. The summed E-state index contributed by atoms with van der Waals surface area (Å²) in [4.78, 5) is 6.55. The molecule has 0 aromatic heterocycles. The number of oxime groups is 1. The van der Waals surface area contributed by atoms with Crippen molar-refractivity contribution in [1.82, 2.24) is 0 Å². The Morgan fingerprint density at radius 1 is 1.35 bits per heavy atom. The molecule has 4 nitrogen and oxygen atoms in total. The highest BCUT2D eigenvalue weighted by molar-refractivity contribution is 5.90. The lowest BCUT2D eigenvalue weighted by Gasteiger charge is -2.11. The molecule has 0 aliphatic heterocycles. The summed E-state index contributed by atoms with van der Waals surface area (Å²) in [7, 11) is 5.41. The fraction of sp³-hybridized carbons (Fsp3) is 0.231. The maximum absolute atomic E-state index is 8.88. The molecule has 0 spiro atoms. The Morgan fingerprint density at radius 2 is 2.00 bits per heavy atom. The summed E-state index contributed by atoms with van der Waals surface area (Å²) in [5.41, 5.74) is 2.52. The molecule has 17 heavy (non-hydrogen) atoms. The van der Waals surface area contributed by atoms with Crippen LogP contribution in [0.1, 0.15) is 5.56 Å². The van der Waals surface area contributed by atoms with Gasteiger partial charge in [0.15, 0.2) is 0 Å². The Bertz CT molecular complexity index is 453. The molecule has 0 saturated heterocycles. The van der Waals surface area contributed by atoms with Crippen molar-refractivity contribution >= 4 is 18.0 Å². The largest absolute Gasteiger partial charge is 0.399 e. The highest BCUT2D eigenvalue weighted by Crippen LogP contribution is 2.14. The van der Waals surface area contributed by atoms with E-state index in [0.29, 0.717) is 5.57 Å². The first kappa shape index (κ1) is 12.8. The lowest BCUT2D eigenvalue weighted by atomic mass is 10.1. The van der Waals surface area contributed by atoms with Crippen LogP contribution in [0.15, 0.2) is 35.0 Å². The minimum absolute atomic E-state index is 0.449. The number of nitrogens with zero attached hydrogens (tertiary/aromatic N) is 3. The number of hydrogen-bond donors (Lipinski definition) is 0. The van der Waals surface area contributed by atoms with Crippen LogP contribution in [-0.2, 0) is 4.84 Å². The summed E-state index contributed by atoms with van der Waals surface area (Å²) < 4.78 is 0. The van der Waals surface area contributed by atoms with Crippen LogP contribution in [0.2, 0.25) is 0 Å². The van der Waals surface area contributed by atoms with Crippen molar-refractivity contribution in [1.29, 1.82) is 5.26 Å². The highest BCUT2D eigenvalue weighted by atomic mass is 16.6. The molecule has 0 N–H and O–H groups in total. The van der Waals surface area contributed by atoms with Gasteiger partial charge in [0.1, 0.15) is 13.2 Å². The van der Waals surface area contributed by atoms with Crippen molar-refractivity contribution < 1.29 is 4.84 Å². The minimum atomic E-state index is 0.449. The molecule has 0 unspecified atom stereocenters. The number of rotatable bonds is 4. The van der Waals surface area contributed by atoms with Crippen LogP contribution < -0.4 is 4.90 Å². The SMILES string of the molecule is CO/N=C/C(C#N)=C\c1ccc(N(C)C)cc1. The van der Waals surface area contributed by atoms with Gasteiger partial charge in [0, 0.05) is 19.8 Å². The third-order valence-corrected chi connectivity index (χ3v) is 2.16. The Hall–Kier alpha value is -2.28. The molecule has 1 aromatic rings. The van der Waals surface area contributed by atoms with Crippen LogP contribution >= 0.6 is 0 Å². The van der Waals surface area contributed by atoms with Gasteiger partial charge in [-0.1, -0.05) is 17.3 Å². The third kappa shape index (κ3) is 3.99. The van der Waals surface area contributed by atoms with Crippen molar-refractivity contribution in [2.45, 2.75) is 0 Å². The maximum Gasteiger partial charge on any atom is 0.106 e. The predicted octanol–water partition coefficient (Wildman–Crippen LogP) is 2.29. The summed E-state index contributed by atoms with van der Waals surface area (Å²) in [6.45, 7) is 0. The van der Waals surface area contributed by atoms with Crippen molar-refractivity contribution in [3.8, 4) is 6.07 Å². The van der Waals surface area contributed by atoms with E-state index in [9.17, 15) is 0 Å². The maximum atomic E-state index is 8.88. The fourth-order valence-corrected chi connectivity index (χ4v) is 1.26. The molecule has 0 saturated carbocycles. The van der Waals surface area contributed by atoms with Gasteiger partial charge in [-0.15, -0.1) is 0 Å². The first-order valence-corrected chi connectivity index (χ1v) is 5.13. The predicted molar refractivity (Wildman–Crippen MR) is 69.9 cm³/mol. The van der Waals surface area contributed by atoms with Gasteiger partial charge in [-0.3, -0.25) is 0 Å². The second-order valence-electron chi connectivity index (χ2n) is 3.61. The number of nitriles is 1. The van der Waals surface area contributed by atoms with Crippen LogP contribution in [0.25, 0.3) is 6.08 Å². The zero-order valence-corrected chi connectivity index (χ0v) is 10.2. The van der Waals surface area contributed by atoms with Gasteiger partial charge in [-0.25, -0.2) is 0 Å². The first-order valence-electron chi connectivity index (χ1n) is 5.13. The van der Waals surface area contributed by atoms with E-state index >= 15 is 0 Å². The molecule has 0 amide bonds. The zero-order valence-electron chi connectivity index (χ0n) is 10.2. The highest BCUT2D eigenvalue weighted by Gasteiger charge is 1.96. The Labute approximate surface area is 101 Å². The zero-order chi connectivity index (χ0) is 12.7. The average Bonchev–Trinajstić information content (AvgIpc) is 2.35.